The van der Waals surface area contributed by atoms with Crippen molar-refractivity contribution in [3.63, 3.8) is 0 Å². The largest absolute Gasteiger partial charge is 0.493 e. The van der Waals surface area contributed by atoms with Gasteiger partial charge in [0.2, 0.25) is 0 Å². The van der Waals surface area contributed by atoms with Crippen LogP contribution in [-0.2, 0) is 16.1 Å². The Hall–Kier alpha value is -4.65. The van der Waals surface area contributed by atoms with Crippen LogP contribution in [0.5, 0.6) is 11.5 Å². The number of fused-ring (bicyclic) bond motifs is 1. The van der Waals surface area contributed by atoms with Crippen LogP contribution in [0.15, 0.2) is 87.8 Å². The number of thiazole rings is 1. The minimum absolute atomic E-state index is 0.185. The molecule has 1 atom stereocenters. The van der Waals surface area contributed by atoms with E-state index in [-0.39, 0.29) is 17.7 Å². The van der Waals surface area contributed by atoms with Gasteiger partial charge in [-0.15, -0.1) is 0 Å². The molecule has 0 radical (unpaired) electrons. The zero-order valence-electron chi connectivity index (χ0n) is 23.1. The number of nitriles is 1. The Bertz CT molecular complexity index is 1920. The van der Waals surface area contributed by atoms with Crippen molar-refractivity contribution < 1.29 is 19.0 Å². The summed E-state index contributed by atoms with van der Waals surface area (Å²) in [6.45, 7) is 3.94. The van der Waals surface area contributed by atoms with Gasteiger partial charge in [0.05, 0.1) is 41.2 Å². The molecular formula is C32H26ClN3O5S. The van der Waals surface area contributed by atoms with E-state index in [1.54, 1.807) is 69.5 Å². The first kappa shape index (κ1) is 28.9. The molecule has 0 N–H and O–H groups in total. The van der Waals surface area contributed by atoms with Gasteiger partial charge in [-0.05, 0) is 66.9 Å². The minimum Gasteiger partial charge on any atom is -0.493 e. The van der Waals surface area contributed by atoms with Crippen molar-refractivity contribution in [1.29, 1.82) is 5.26 Å². The first-order valence-electron chi connectivity index (χ1n) is 13.1. The molecule has 0 saturated carbocycles. The number of carbonyl (C=O) groups excluding carboxylic acids is 1. The summed E-state index contributed by atoms with van der Waals surface area (Å²) in [5, 5.41) is 9.42. The number of aromatic nitrogens is 1. The summed E-state index contributed by atoms with van der Waals surface area (Å²) in [6, 6.07) is 21.0. The van der Waals surface area contributed by atoms with Crippen molar-refractivity contribution in [3.05, 3.63) is 125 Å². The molecule has 0 aliphatic carbocycles. The van der Waals surface area contributed by atoms with E-state index in [9.17, 15) is 9.59 Å². The average Bonchev–Trinajstić information content (AvgIpc) is 3.30. The van der Waals surface area contributed by atoms with Gasteiger partial charge in [0.25, 0.3) is 5.56 Å². The van der Waals surface area contributed by atoms with Crippen molar-refractivity contribution in [1.82, 2.24) is 4.57 Å². The summed E-state index contributed by atoms with van der Waals surface area (Å²) in [7, 11) is 1.55. The molecule has 212 valence electrons. The summed E-state index contributed by atoms with van der Waals surface area (Å²) < 4.78 is 18.8. The topological polar surface area (TPSA) is 103 Å². The number of nitrogens with zero attached hydrogens (tertiary/aromatic N) is 3. The summed E-state index contributed by atoms with van der Waals surface area (Å²) in [6.07, 6.45) is 1.75. The van der Waals surface area contributed by atoms with E-state index in [0.29, 0.717) is 49.3 Å². The zero-order valence-corrected chi connectivity index (χ0v) is 24.7. The van der Waals surface area contributed by atoms with Gasteiger partial charge >= 0.3 is 5.97 Å². The highest BCUT2D eigenvalue weighted by Crippen LogP contribution is 2.34. The van der Waals surface area contributed by atoms with Gasteiger partial charge in [-0.2, -0.15) is 5.26 Å². The van der Waals surface area contributed by atoms with Gasteiger partial charge in [-0.25, -0.2) is 9.79 Å². The molecular weight excluding hydrogens is 574 g/mol. The monoisotopic (exact) mass is 599 g/mol. The Morgan fingerprint density at radius 2 is 1.90 bits per heavy atom. The van der Waals surface area contributed by atoms with Crippen molar-refractivity contribution in [2.24, 2.45) is 4.99 Å². The maximum Gasteiger partial charge on any atom is 0.338 e. The van der Waals surface area contributed by atoms with E-state index in [4.69, 9.17) is 31.1 Å². The van der Waals surface area contributed by atoms with Crippen LogP contribution in [0.4, 0.5) is 0 Å². The molecule has 4 aromatic rings. The van der Waals surface area contributed by atoms with Gasteiger partial charge in [0, 0.05) is 5.02 Å². The normalized spacial score (nSPS) is 14.5. The Morgan fingerprint density at radius 1 is 1.14 bits per heavy atom. The van der Waals surface area contributed by atoms with Crippen LogP contribution in [0.2, 0.25) is 5.02 Å². The molecule has 0 unspecified atom stereocenters. The van der Waals surface area contributed by atoms with Crippen molar-refractivity contribution in [2.45, 2.75) is 26.5 Å². The molecule has 0 fully saturated rings. The number of esters is 1. The highest BCUT2D eigenvalue weighted by atomic mass is 35.5. The van der Waals surface area contributed by atoms with Crippen molar-refractivity contribution >= 4 is 35.0 Å². The van der Waals surface area contributed by atoms with E-state index in [1.165, 1.54) is 15.9 Å². The molecule has 1 aliphatic rings. The first-order chi connectivity index (χ1) is 20.3. The van der Waals surface area contributed by atoms with E-state index in [2.05, 4.69) is 11.1 Å². The lowest BCUT2D eigenvalue weighted by atomic mass is 9.96. The van der Waals surface area contributed by atoms with Crippen LogP contribution < -0.4 is 24.4 Å². The quantitative estimate of drug-likeness (QED) is 0.267. The number of hydrogen-bond acceptors (Lipinski definition) is 8. The minimum atomic E-state index is -0.788. The van der Waals surface area contributed by atoms with E-state index < -0.39 is 12.0 Å². The third-order valence-corrected chi connectivity index (χ3v) is 8.01. The van der Waals surface area contributed by atoms with Crippen LogP contribution in [0.1, 0.15) is 42.1 Å². The molecule has 0 saturated heterocycles. The molecule has 2 heterocycles. The second kappa shape index (κ2) is 12.5. The lowest BCUT2D eigenvalue weighted by molar-refractivity contribution is -0.139. The van der Waals surface area contributed by atoms with Gasteiger partial charge in [-0.1, -0.05) is 59.3 Å². The molecule has 10 heteroatoms. The lowest BCUT2D eigenvalue weighted by Gasteiger charge is -2.25. The summed E-state index contributed by atoms with van der Waals surface area (Å²) >= 11 is 7.79. The van der Waals surface area contributed by atoms with Gasteiger partial charge in [-0.3, -0.25) is 9.36 Å². The summed E-state index contributed by atoms with van der Waals surface area (Å²) in [5.41, 5.74) is 3.25. The number of halogens is 1. The molecule has 0 spiro atoms. The van der Waals surface area contributed by atoms with Crippen molar-refractivity contribution in [3.8, 4) is 17.6 Å². The van der Waals surface area contributed by atoms with Crippen LogP contribution >= 0.6 is 22.9 Å². The Balaban J connectivity index is 1.53. The number of allylic oxidation sites excluding steroid dienone is 1. The first-order valence-corrected chi connectivity index (χ1v) is 14.3. The fourth-order valence-electron chi connectivity index (χ4n) is 4.66. The lowest BCUT2D eigenvalue weighted by Crippen LogP contribution is -2.40. The molecule has 3 aromatic carbocycles. The fraction of sp³-hybridized carbons (Fsp3) is 0.188. The van der Waals surface area contributed by atoms with E-state index >= 15 is 0 Å². The number of methoxy groups -OCH3 is 1. The molecule has 0 amide bonds. The Labute approximate surface area is 251 Å². The summed E-state index contributed by atoms with van der Waals surface area (Å²) in [5.74, 6) is 0.493. The smallest absolute Gasteiger partial charge is 0.338 e. The third kappa shape index (κ3) is 5.73. The second-order valence-electron chi connectivity index (χ2n) is 9.33. The molecule has 0 bridgehead atoms. The SMILES string of the molecule is CCOC(=O)C1=C(C)N=c2s/c(=C\c3ccc(OCc4ccc(C#N)cc4)c(OC)c3)c(=O)n2[C@H]1c1ccccc1Cl. The number of benzene rings is 3. The predicted molar refractivity (Wildman–Crippen MR) is 160 cm³/mol. The van der Waals surface area contributed by atoms with Gasteiger partial charge < -0.3 is 14.2 Å². The van der Waals surface area contributed by atoms with Gasteiger partial charge in [0.15, 0.2) is 16.3 Å². The molecule has 42 heavy (non-hydrogen) atoms. The maximum atomic E-state index is 13.9. The predicted octanol–water partition coefficient (Wildman–Crippen LogP) is 4.91. The zero-order chi connectivity index (χ0) is 29.8. The van der Waals surface area contributed by atoms with Gasteiger partial charge in [0.1, 0.15) is 12.6 Å². The average molecular weight is 600 g/mol. The van der Waals surface area contributed by atoms with Crippen molar-refractivity contribution in [2.75, 3.05) is 13.7 Å². The molecule has 1 aromatic heterocycles. The molecule has 1 aliphatic heterocycles. The Morgan fingerprint density at radius 3 is 2.60 bits per heavy atom. The highest BCUT2D eigenvalue weighted by Gasteiger charge is 2.34. The standard InChI is InChI=1S/C32H26ClN3O5S/c1-4-40-31(38)28-19(2)35-32-36(29(28)23-7-5-6-8-24(23)33)30(37)27(42-32)16-22-13-14-25(26(15-22)39-3)41-18-21-11-9-20(17-34)10-12-21/h5-16,29H,4,18H2,1-3H3/b27-16-/t29-/m0/s1. The van der Waals surface area contributed by atoms with Crippen LogP contribution in [0, 0.1) is 11.3 Å². The summed E-state index contributed by atoms with van der Waals surface area (Å²) in [4.78, 5) is 32.0. The fourth-order valence-corrected chi connectivity index (χ4v) is 5.95. The molecule has 5 rings (SSSR count). The van der Waals surface area contributed by atoms with Crippen LogP contribution in [-0.4, -0.2) is 24.3 Å². The second-order valence-corrected chi connectivity index (χ2v) is 10.7. The van der Waals surface area contributed by atoms with E-state index in [1.807, 2.05) is 24.3 Å². The highest BCUT2D eigenvalue weighted by molar-refractivity contribution is 7.07. The van der Waals surface area contributed by atoms with Crippen LogP contribution in [0.3, 0.4) is 0 Å². The number of carbonyl (C=O) groups is 1. The third-order valence-electron chi connectivity index (χ3n) is 6.68. The number of rotatable bonds is 8. The maximum absolute atomic E-state index is 13.9. The Kier molecular flexibility index (Phi) is 8.57. The molecule has 8 nitrogen and oxygen atoms in total. The van der Waals surface area contributed by atoms with E-state index in [0.717, 1.165) is 11.1 Å². The number of ether oxygens (including phenoxy) is 3. The number of hydrogen-bond donors (Lipinski definition) is 0. The van der Waals surface area contributed by atoms with Crippen LogP contribution in [0.25, 0.3) is 6.08 Å².